The SMILES string of the molecule is CCCCCCCCCCCCCCCC(O)C(CO)NC(=O)Cc1ccc(OCC)cc1. The lowest BCUT2D eigenvalue weighted by Crippen LogP contribution is -2.46. The Morgan fingerprint density at radius 3 is 1.85 bits per heavy atom. The molecule has 0 saturated heterocycles. The summed E-state index contributed by atoms with van der Waals surface area (Å²) in [7, 11) is 0. The fourth-order valence-electron chi connectivity index (χ4n) is 4.15. The summed E-state index contributed by atoms with van der Waals surface area (Å²) in [5.41, 5.74) is 0.874. The first-order valence-electron chi connectivity index (χ1n) is 13.4. The summed E-state index contributed by atoms with van der Waals surface area (Å²) in [5, 5.41) is 22.8. The molecule has 5 heteroatoms. The molecule has 2 atom stereocenters. The molecule has 1 aromatic rings. The summed E-state index contributed by atoms with van der Waals surface area (Å²) in [6, 6.07) is 6.81. The maximum atomic E-state index is 12.3. The second-order valence-electron chi connectivity index (χ2n) is 9.21. The maximum absolute atomic E-state index is 12.3. The van der Waals surface area contributed by atoms with Crippen molar-refractivity contribution in [1.82, 2.24) is 5.32 Å². The Bertz CT molecular complexity index is 590. The molecule has 5 nitrogen and oxygen atoms in total. The van der Waals surface area contributed by atoms with Crippen LogP contribution in [-0.4, -0.2) is 41.5 Å². The third kappa shape index (κ3) is 15.0. The van der Waals surface area contributed by atoms with Gasteiger partial charge in [-0.15, -0.1) is 0 Å². The summed E-state index contributed by atoms with van der Waals surface area (Å²) >= 11 is 0. The van der Waals surface area contributed by atoms with Crippen LogP contribution in [-0.2, 0) is 11.2 Å². The number of amides is 1. The van der Waals surface area contributed by atoms with E-state index in [1.165, 1.54) is 70.6 Å². The lowest BCUT2D eigenvalue weighted by molar-refractivity contribution is -0.122. The first-order chi connectivity index (χ1) is 16.1. The molecule has 3 N–H and O–H groups in total. The number of aliphatic hydroxyl groups excluding tert-OH is 2. The van der Waals surface area contributed by atoms with Gasteiger partial charge in [0, 0.05) is 0 Å². The largest absolute Gasteiger partial charge is 0.494 e. The first kappa shape index (κ1) is 29.4. The van der Waals surface area contributed by atoms with Crippen molar-refractivity contribution in [3.05, 3.63) is 29.8 Å². The van der Waals surface area contributed by atoms with Crippen molar-refractivity contribution in [3.8, 4) is 5.75 Å². The Morgan fingerprint density at radius 1 is 0.848 bits per heavy atom. The van der Waals surface area contributed by atoms with E-state index in [2.05, 4.69) is 12.2 Å². The van der Waals surface area contributed by atoms with Crippen LogP contribution in [0.15, 0.2) is 24.3 Å². The van der Waals surface area contributed by atoms with E-state index in [-0.39, 0.29) is 18.9 Å². The van der Waals surface area contributed by atoms with Crippen molar-refractivity contribution in [2.45, 2.75) is 122 Å². The number of carbonyl (C=O) groups is 1. The van der Waals surface area contributed by atoms with Crippen molar-refractivity contribution in [2.24, 2.45) is 0 Å². The normalized spacial score (nSPS) is 13.0. The standard InChI is InChI=1S/C28H49NO4/c1-3-5-6-7-8-9-10-11-12-13-14-15-16-17-27(31)26(23-30)29-28(32)22-24-18-20-25(21-19-24)33-4-2/h18-21,26-27,30-31H,3-17,22-23H2,1-2H3,(H,29,32). The zero-order valence-corrected chi connectivity index (χ0v) is 21.2. The van der Waals surface area contributed by atoms with E-state index in [1.807, 2.05) is 31.2 Å². The molecule has 0 aliphatic rings. The number of benzene rings is 1. The smallest absolute Gasteiger partial charge is 0.224 e. The van der Waals surface area contributed by atoms with Crippen molar-refractivity contribution in [1.29, 1.82) is 0 Å². The molecule has 2 unspecified atom stereocenters. The van der Waals surface area contributed by atoms with Gasteiger partial charge in [0.1, 0.15) is 5.75 Å². The molecule has 0 heterocycles. The van der Waals surface area contributed by atoms with Crippen molar-refractivity contribution >= 4 is 5.91 Å². The molecule has 1 rings (SSSR count). The van der Waals surface area contributed by atoms with Crippen LogP contribution >= 0.6 is 0 Å². The number of aliphatic hydroxyl groups is 2. The summed E-state index contributed by atoms with van der Waals surface area (Å²) in [6.45, 7) is 4.54. The van der Waals surface area contributed by atoms with Crippen LogP contribution in [0.2, 0.25) is 0 Å². The Balaban J connectivity index is 2.09. The highest BCUT2D eigenvalue weighted by atomic mass is 16.5. The molecule has 190 valence electrons. The van der Waals surface area contributed by atoms with Gasteiger partial charge in [-0.25, -0.2) is 0 Å². The van der Waals surface area contributed by atoms with E-state index < -0.39 is 12.1 Å². The van der Waals surface area contributed by atoms with Gasteiger partial charge in [0.2, 0.25) is 5.91 Å². The van der Waals surface area contributed by atoms with Crippen molar-refractivity contribution in [3.63, 3.8) is 0 Å². The van der Waals surface area contributed by atoms with Gasteiger partial charge in [0.25, 0.3) is 0 Å². The molecular weight excluding hydrogens is 414 g/mol. The fraction of sp³-hybridized carbons (Fsp3) is 0.750. The predicted molar refractivity (Wildman–Crippen MR) is 137 cm³/mol. The molecule has 33 heavy (non-hydrogen) atoms. The third-order valence-corrected chi connectivity index (χ3v) is 6.21. The Hall–Kier alpha value is -1.59. The second kappa shape index (κ2) is 19.8. The van der Waals surface area contributed by atoms with Gasteiger partial charge in [-0.3, -0.25) is 4.79 Å². The topological polar surface area (TPSA) is 78.8 Å². The number of hydrogen-bond acceptors (Lipinski definition) is 4. The number of rotatable bonds is 21. The van der Waals surface area contributed by atoms with E-state index in [1.54, 1.807) is 0 Å². The molecule has 0 radical (unpaired) electrons. The van der Waals surface area contributed by atoms with Crippen molar-refractivity contribution in [2.75, 3.05) is 13.2 Å². The average Bonchev–Trinajstić information content (AvgIpc) is 2.81. The molecule has 0 bridgehead atoms. The van der Waals surface area contributed by atoms with E-state index in [0.29, 0.717) is 13.0 Å². The summed E-state index contributed by atoms with van der Waals surface area (Å²) < 4.78 is 5.41. The molecule has 0 spiro atoms. The van der Waals surface area contributed by atoms with Crippen LogP contribution in [0.1, 0.15) is 109 Å². The second-order valence-corrected chi connectivity index (χ2v) is 9.21. The summed E-state index contributed by atoms with van der Waals surface area (Å²) in [6.07, 6.45) is 16.8. The third-order valence-electron chi connectivity index (χ3n) is 6.21. The molecular formula is C28H49NO4. The number of hydrogen-bond donors (Lipinski definition) is 3. The molecule has 0 fully saturated rings. The number of ether oxygens (including phenoxy) is 1. The van der Waals surface area contributed by atoms with Gasteiger partial charge in [-0.2, -0.15) is 0 Å². The molecule has 0 aromatic heterocycles. The lowest BCUT2D eigenvalue weighted by Gasteiger charge is -2.22. The van der Waals surface area contributed by atoms with E-state index in [4.69, 9.17) is 4.74 Å². The molecule has 0 aliphatic carbocycles. The van der Waals surface area contributed by atoms with E-state index >= 15 is 0 Å². The van der Waals surface area contributed by atoms with E-state index in [9.17, 15) is 15.0 Å². The van der Waals surface area contributed by atoms with Crippen LogP contribution in [0.3, 0.4) is 0 Å². The van der Waals surface area contributed by atoms with Gasteiger partial charge in [0.15, 0.2) is 0 Å². The highest BCUT2D eigenvalue weighted by Crippen LogP contribution is 2.15. The zero-order valence-electron chi connectivity index (χ0n) is 21.2. The Labute approximate surface area is 202 Å². The zero-order chi connectivity index (χ0) is 24.2. The minimum absolute atomic E-state index is 0.192. The Kier molecular flexibility index (Phi) is 17.7. The minimum atomic E-state index is -0.716. The molecule has 1 aromatic carbocycles. The molecule has 1 amide bonds. The highest BCUT2D eigenvalue weighted by Gasteiger charge is 2.20. The van der Waals surface area contributed by atoms with Gasteiger partial charge in [-0.05, 0) is 31.0 Å². The van der Waals surface area contributed by atoms with Gasteiger partial charge >= 0.3 is 0 Å². The monoisotopic (exact) mass is 463 g/mol. The van der Waals surface area contributed by atoms with E-state index in [0.717, 1.165) is 24.2 Å². The lowest BCUT2D eigenvalue weighted by atomic mass is 10.0. The summed E-state index contributed by atoms with van der Waals surface area (Å²) in [4.78, 5) is 12.3. The number of unbranched alkanes of at least 4 members (excludes halogenated alkanes) is 12. The fourth-order valence-corrected chi connectivity index (χ4v) is 4.15. The van der Waals surface area contributed by atoms with Crippen LogP contribution in [0.5, 0.6) is 5.75 Å². The van der Waals surface area contributed by atoms with Crippen LogP contribution in [0, 0.1) is 0 Å². The van der Waals surface area contributed by atoms with Crippen LogP contribution in [0.4, 0.5) is 0 Å². The van der Waals surface area contributed by atoms with Crippen molar-refractivity contribution < 1.29 is 19.7 Å². The molecule has 0 aliphatic heterocycles. The van der Waals surface area contributed by atoms with Gasteiger partial charge in [-0.1, -0.05) is 103 Å². The number of nitrogens with one attached hydrogen (secondary N) is 1. The van der Waals surface area contributed by atoms with Crippen LogP contribution < -0.4 is 10.1 Å². The quantitative estimate of drug-likeness (QED) is 0.197. The maximum Gasteiger partial charge on any atom is 0.224 e. The van der Waals surface area contributed by atoms with Gasteiger partial charge in [0.05, 0.1) is 31.8 Å². The molecule has 0 saturated carbocycles. The minimum Gasteiger partial charge on any atom is -0.494 e. The van der Waals surface area contributed by atoms with Gasteiger partial charge < -0.3 is 20.3 Å². The highest BCUT2D eigenvalue weighted by molar-refractivity contribution is 5.79. The summed E-state index contributed by atoms with van der Waals surface area (Å²) in [5.74, 6) is 0.589. The number of carbonyl (C=O) groups excluding carboxylic acids is 1. The predicted octanol–water partition coefficient (Wildman–Crippen LogP) is 5.95. The Morgan fingerprint density at radius 2 is 1.36 bits per heavy atom. The average molecular weight is 464 g/mol. The van der Waals surface area contributed by atoms with Crippen LogP contribution in [0.25, 0.3) is 0 Å². The first-order valence-corrected chi connectivity index (χ1v) is 13.4.